The van der Waals surface area contributed by atoms with Gasteiger partial charge in [-0.1, -0.05) is 6.07 Å². The minimum Gasteiger partial charge on any atom is -0.458 e. The van der Waals surface area contributed by atoms with Crippen LogP contribution >= 0.6 is 0 Å². The SMILES string of the molecule is CC(C)OC(=O)c1cc2ccc(C#N)cc2cn1. The highest BCUT2D eigenvalue weighted by Crippen LogP contribution is 2.16. The van der Waals surface area contributed by atoms with Gasteiger partial charge in [0.15, 0.2) is 0 Å². The van der Waals surface area contributed by atoms with Crippen molar-refractivity contribution >= 4 is 16.7 Å². The maximum absolute atomic E-state index is 11.7. The number of rotatable bonds is 2. The normalized spacial score (nSPS) is 10.3. The quantitative estimate of drug-likeness (QED) is 0.757. The number of nitriles is 1. The van der Waals surface area contributed by atoms with E-state index < -0.39 is 5.97 Å². The van der Waals surface area contributed by atoms with E-state index >= 15 is 0 Å². The first-order valence-electron chi connectivity index (χ1n) is 5.61. The van der Waals surface area contributed by atoms with Crippen molar-refractivity contribution in [2.75, 3.05) is 0 Å². The minimum atomic E-state index is -0.434. The molecule has 2 rings (SSSR count). The van der Waals surface area contributed by atoms with E-state index in [0.29, 0.717) is 5.56 Å². The Bertz CT molecular complexity index is 642. The highest BCUT2D eigenvalue weighted by Gasteiger charge is 2.11. The van der Waals surface area contributed by atoms with Crippen LogP contribution in [-0.2, 0) is 4.74 Å². The second-order valence-corrected chi connectivity index (χ2v) is 4.20. The van der Waals surface area contributed by atoms with Gasteiger partial charge in [-0.3, -0.25) is 0 Å². The van der Waals surface area contributed by atoms with Crippen molar-refractivity contribution in [2.45, 2.75) is 20.0 Å². The van der Waals surface area contributed by atoms with Gasteiger partial charge in [0, 0.05) is 11.6 Å². The number of hydrogen-bond acceptors (Lipinski definition) is 4. The summed E-state index contributed by atoms with van der Waals surface area (Å²) in [7, 11) is 0. The van der Waals surface area contributed by atoms with Crippen LogP contribution in [0.3, 0.4) is 0 Å². The number of nitrogens with zero attached hydrogens (tertiary/aromatic N) is 2. The van der Waals surface area contributed by atoms with Gasteiger partial charge >= 0.3 is 5.97 Å². The topological polar surface area (TPSA) is 63.0 Å². The monoisotopic (exact) mass is 240 g/mol. The molecule has 0 atom stereocenters. The molecular formula is C14H12N2O2. The summed E-state index contributed by atoms with van der Waals surface area (Å²) in [6, 6.07) is 8.97. The summed E-state index contributed by atoms with van der Waals surface area (Å²) in [5.41, 5.74) is 0.850. The molecule has 2 aromatic rings. The van der Waals surface area contributed by atoms with Crippen LogP contribution in [0.2, 0.25) is 0 Å². The van der Waals surface area contributed by atoms with Gasteiger partial charge in [0.25, 0.3) is 0 Å². The fourth-order valence-corrected chi connectivity index (χ4v) is 1.60. The summed E-state index contributed by atoms with van der Waals surface area (Å²) in [4.78, 5) is 15.7. The fraction of sp³-hybridized carbons (Fsp3) is 0.214. The van der Waals surface area contributed by atoms with E-state index in [4.69, 9.17) is 10.00 Å². The summed E-state index contributed by atoms with van der Waals surface area (Å²) < 4.78 is 5.08. The highest BCUT2D eigenvalue weighted by molar-refractivity contribution is 5.93. The molecular weight excluding hydrogens is 228 g/mol. The van der Waals surface area contributed by atoms with Gasteiger partial charge in [-0.05, 0) is 37.4 Å². The predicted molar refractivity (Wildman–Crippen MR) is 67.0 cm³/mol. The lowest BCUT2D eigenvalue weighted by molar-refractivity contribution is 0.0371. The van der Waals surface area contributed by atoms with E-state index in [2.05, 4.69) is 11.1 Å². The lowest BCUT2D eigenvalue weighted by Gasteiger charge is -2.07. The Balaban J connectivity index is 2.39. The molecule has 1 aromatic carbocycles. The van der Waals surface area contributed by atoms with Gasteiger partial charge in [0.1, 0.15) is 5.69 Å². The number of benzene rings is 1. The van der Waals surface area contributed by atoms with Gasteiger partial charge in [-0.2, -0.15) is 5.26 Å². The molecule has 0 fully saturated rings. The smallest absolute Gasteiger partial charge is 0.357 e. The van der Waals surface area contributed by atoms with Gasteiger partial charge < -0.3 is 4.74 Å². The summed E-state index contributed by atoms with van der Waals surface area (Å²) in [5, 5.41) is 10.5. The fourth-order valence-electron chi connectivity index (χ4n) is 1.60. The van der Waals surface area contributed by atoms with Gasteiger partial charge in [-0.15, -0.1) is 0 Å². The zero-order valence-electron chi connectivity index (χ0n) is 10.2. The molecule has 18 heavy (non-hydrogen) atoms. The molecule has 0 aliphatic carbocycles. The first kappa shape index (κ1) is 12.1. The third-order valence-electron chi connectivity index (χ3n) is 2.40. The Morgan fingerprint density at radius 2 is 2.11 bits per heavy atom. The first-order chi connectivity index (χ1) is 8.60. The van der Waals surface area contributed by atoms with Crippen LogP contribution < -0.4 is 0 Å². The molecule has 90 valence electrons. The largest absolute Gasteiger partial charge is 0.458 e. The van der Waals surface area contributed by atoms with Crippen LogP contribution in [0.15, 0.2) is 30.5 Å². The lowest BCUT2D eigenvalue weighted by Crippen LogP contribution is -2.12. The van der Waals surface area contributed by atoms with E-state index in [1.54, 1.807) is 44.3 Å². The van der Waals surface area contributed by atoms with Crippen molar-refractivity contribution < 1.29 is 9.53 Å². The number of esters is 1. The Morgan fingerprint density at radius 1 is 1.33 bits per heavy atom. The maximum atomic E-state index is 11.7. The standard InChI is InChI=1S/C14H12N2O2/c1-9(2)18-14(17)13-6-11-4-3-10(7-15)5-12(11)8-16-13/h3-6,8-9H,1-2H3. The van der Waals surface area contributed by atoms with Crippen molar-refractivity contribution in [1.82, 2.24) is 4.98 Å². The zero-order valence-corrected chi connectivity index (χ0v) is 10.2. The van der Waals surface area contributed by atoms with Crippen molar-refractivity contribution in [1.29, 1.82) is 5.26 Å². The summed E-state index contributed by atoms with van der Waals surface area (Å²) >= 11 is 0. The van der Waals surface area contributed by atoms with Crippen LogP contribution in [0.25, 0.3) is 10.8 Å². The van der Waals surface area contributed by atoms with Crippen molar-refractivity contribution in [3.05, 3.63) is 41.7 Å². The number of fused-ring (bicyclic) bond motifs is 1. The molecule has 4 nitrogen and oxygen atoms in total. The molecule has 0 saturated heterocycles. The molecule has 0 saturated carbocycles. The molecule has 0 aliphatic rings. The van der Waals surface area contributed by atoms with Crippen LogP contribution in [0.5, 0.6) is 0 Å². The van der Waals surface area contributed by atoms with E-state index in [1.165, 1.54) is 0 Å². The Morgan fingerprint density at radius 3 is 2.78 bits per heavy atom. The molecule has 1 aromatic heterocycles. The number of ether oxygens (including phenoxy) is 1. The van der Waals surface area contributed by atoms with Crippen LogP contribution in [0, 0.1) is 11.3 Å². The molecule has 0 spiro atoms. The van der Waals surface area contributed by atoms with E-state index in [9.17, 15) is 4.79 Å². The summed E-state index contributed by atoms with van der Waals surface area (Å²) in [6.07, 6.45) is 1.41. The summed E-state index contributed by atoms with van der Waals surface area (Å²) in [6.45, 7) is 3.58. The van der Waals surface area contributed by atoms with Crippen molar-refractivity contribution in [3.63, 3.8) is 0 Å². The van der Waals surface area contributed by atoms with E-state index in [0.717, 1.165) is 10.8 Å². The summed E-state index contributed by atoms with van der Waals surface area (Å²) in [5.74, 6) is -0.434. The Kier molecular flexibility index (Phi) is 3.24. The number of carbonyl (C=O) groups excluding carboxylic acids is 1. The number of hydrogen-bond donors (Lipinski definition) is 0. The highest BCUT2D eigenvalue weighted by atomic mass is 16.5. The van der Waals surface area contributed by atoms with Crippen LogP contribution in [-0.4, -0.2) is 17.1 Å². The Hall–Kier alpha value is -2.41. The predicted octanol–water partition coefficient (Wildman–Crippen LogP) is 2.67. The van der Waals surface area contributed by atoms with Gasteiger partial charge in [-0.25, -0.2) is 9.78 Å². The molecule has 4 heteroatoms. The molecule has 0 aliphatic heterocycles. The Labute approximate surface area is 105 Å². The molecule has 0 bridgehead atoms. The molecule has 0 N–H and O–H groups in total. The molecule has 0 radical (unpaired) electrons. The molecule has 0 unspecified atom stereocenters. The second kappa shape index (κ2) is 4.84. The van der Waals surface area contributed by atoms with Crippen LogP contribution in [0.4, 0.5) is 0 Å². The third-order valence-corrected chi connectivity index (χ3v) is 2.40. The van der Waals surface area contributed by atoms with Gasteiger partial charge in [0.05, 0.1) is 17.7 Å². The number of carbonyl (C=O) groups is 1. The first-order valence-corrected chi connectivity index (χ1v) is 5.61. The van der Waals surface area contributed by atoms with Crippen molar-refractivity contribution in [2.24, 2.45) is 0 Å². The maximum Gasteiger partial charge on any atom is 0.357 e. The average Bonchev–Trinajstić information content (AvgIpc) is 2.36. The van der Waals surface area contributed by atoms with E-state index in [-0.39, 0.29) is 11.8 Å². The minimum absolute atomic E-state index is 0.170. The third kappa shape index (κ3) is 2.46. The molecule has 1 heterocycles. The average molecular weight is 240 g/mol. The second-order valence-electron chi connectivity index (χ2n) is 4.20. The lowest BCUT2D eigenvalue weighted by atomic mass is 10.1. The van der Waals surface area contributed by atoms with Crippen LogP contribution in [0.1, 0.15) is 29.9 Å². The number of pyridine rings is 1. The molecule has 0 amide bonds. The van der Waals surface area contributed by atoms with Gasteiger partial charge in [0.2, 0.25) is 0 Å². The number of aromatic nitrogens is 1. The van der Waals surface area contributed by atoms with E-state index in [1.807, 2.05) is 0 Å². The zero-order chi connectivity index (χ0) is 13.1. The van der Waals surface area contributed by atoms with Crippen molar-refractivity contribution in [3.8, 4) is 6.07 Å².